The Balaban J connectivity index is 1.44. The van der Waals surface area contributed by atoms with E-state index < -0.39 is 0 Å². The second-order valence-corrected chi connectivity index (χ2v) is 6.88. The molecule has 0 spiro atoms. The van der Waals surface area contributed by atoms with Gasteiger partial charge in [0.15, 0.2) is 5.69 Å². The quantitative estimate of drug-likeness (QED) is 0.832. The lowest BCUT2D eigenvalue weighted by Gasteiger charge is -2.33. The average molecular weight is 343 g/mol. The van der Waals surface area contributed by atoms with Crippen LogP contribution in [0.25, 0.3) is 0 Å². The first-order valence-corrected chi connectivity index (χ1v) is 8.80. The molecule has 4 heterocycles. The van der Waals surface area contributed by atoms with E-state index in [1.165, 1.54) is 11.5 Å². The maximum atomic E-state index is 12.8. The number of likely N-dealkylation sites (tertiary alicyclic amines) is 2. The van der Waals surface area contributed by atoms with E-state index in [1.54, 1.807) is 22.7 Å². The molecule has 0 bridgehead atoms. The van der Waals surface area contributed by atoms with Gasteiger partial charge in [0.05, 0.1) is 5.92 Å². The average Bonchev–Trinajstić information content (AvgIpc) is 3.27. The van der Waals surface area contributed by atoms with E-state index in [-0.39, 0.29) is 23.7 Å². The number of rotatable bonds is 3. The fraction of sp³-hybridized carbons (Fsp3) is 0.438. The molecule has 0 unspecified atom stereocenters. The van der Waals surface area contributed by atoms with Crippen LogP contribution in [0.1, 0.15) is 22.5 Å². The number of carbonyl (C=O) groups excluding carboxylic acids is 2. The molecule has 0 aliphatic carbocycles. The van der Waals surface area contributed by atoms with Crippen molar-refractivity contribution in [2.45, 2.75) is 13.0 Å². The Morgan fingerprint density at radius 1 is 1.29 bits per heavy atom. The molecule has 0 aromatic carbocycles. The minimum Gasteiger partial charge on any atom is -0.338 e. The van der Waals surface area contributed by atoms with Gasteiger partial charge in [-0.3, -0.25) is 14.6 Å². The molecule has 2 aromatic heterocycles. The minimum atomic E-state index is -0.119. The normalized spacial score (nSPS) is 23.4. The molecule has 24 heavy (non-hydrogen) atoms. The number of amides is 2. The van der Waals surface area contributed by atoms with Gasteiger partial charge in [0.25, 0.3) is 5.91 Å². The summed E-state index contributed by atoms with van der Waals surface area (Å²) in [5, 5.41) is 5.50. The molecule has 2 amide bonds. The van der Waals surface area contributed by atoms with Gasteiger partial charge in [0.2, 0.25) is 5.91 Å². The van der Waals surface area contributed by atoms with Crippen LogP contribution in [0.4, 0.5) is 0 Å². The van der Waals surface area contributed by atoms with E-state index in [4.69, 9.17) is 0 Å². The highest BCUT2D eigenvalue weighted by molar-refractivity contribution is 7.03. The van der Waals surface area contributed by atoms with Gasteiger partial charge in [-0.1, -0.05) is 4.49 Å². The molecule has 0 saturated carbocycles. The van der Waals surface area contributed by atoms with Crippen LogP contribution >= 0.6 is 11.5 Å². The summed E-state index contributed by atoms with van der Waals surface area (Å²) in [6.45, 7) is 2.46. The van der Waals surface area contributed by atoms with Crippen molar-refractivity contribution in [3.63, 3.8) is 0 Å². The van der Waals surface area contributed by atoms with Crippen molar-refractivity contribution in [1.82, 2.24) is 24.4 Å². The second-order valence-electron chi connectivity index (χ2n) is 6.27. The Kier molecular flexibility index (Phi) is 3.97. The SMILES string of the molecule is O=C(c1csnn1)N1C[C@@H]2CCN(Cc3ccncc3)C(=O)[C@@H]2C1. The molecule has 2 fully saturated rings. The third-order valence-corrected chi connectivity index (χ3v) is 5.33. The van der Waals surface area contributed by atoms with E-state index >= 15 is 0 Å². The fourth-order valence-corrected chi connectivity index (χ4v) is 3.99. The predicted octanol–water partition coefficient (Wildman–Crippen LogP) is 1.05. The summed E-state index contributed by atoms with van der Waals surface area (Å²) in [6, 6.07) is 3.86. The van der Waals surface area contributed by atoms with E-state index in [0.29, 0.717) is 25.3 Å². The molecule has 0 radical (unpaired) electrons. The largest absolute Gasteiger partial charge is 0.338 e. The molecule has 2 saturated heterocycles. The Hall–Kier alpha value is -2.35. The lowest BCUT2D eigenvalue weighted by molar-refractivity contribution is -0.140. The van der Waals surface area contributed by atoms with Gasteiger partial charge in [-0.25, -0.2) is 0 Å². The zero-order valence-corrected chi connectivity index (χ0v) is 13.9. The van der Waals surface area contributed by atoms with Crippen molar-refractivity contribution >= 4 is 23.3 Å². The van der Waals surface area contributed by atoms with Crippen molar-refractivity contribution in [3.8, 4) is 0 Å². The lowest BCUT2D eigenvalue weighted by atomic mass is 9.88. The highest BCUT2D eigenvalue weighted by Gasteiger charge is 2.44. The number of pyridine rings is 1. The molecule has 7 nitrogen and oxygen atoms in total. The molecule has 4 rings (SSSR count). The highest BCUT2D eigenvalue weighted by Crippen LogP contribution is 2.33. The number of aromatic nitrogens is 3. The standard InChI is InChI=1S/C16H17N5O2S/c22-15-13-9-21(16(23)14-10-24-19-18-14)8-12(13)3-6-20(15)7-11-1-4-17-5-2-11/h1-2,4-5,10,12-13H,3,6-9H2/t12-,13+/m0/s1. The molecular formula is C16H17N5O2S. The van der Waals surface area contributed by atoms with Crippen molar-refractivity contribution in [2.75, 3.05) is 19.6 Å². The number of piperidine rings is 1. The van der Waals surface area contributed by atoms with E-state index in [1.807, 2.05) is 17.0 Å². The predicted molar refractivity (Wildman–Crippen MR) is 87.1 cm³/mol. The van der Waals surface area contributed by atoms with Gasteiger partial charge < -0.3 is 9.80 Å². The van der Waals surface area contributed by atoms with Crippen LogP contribution < -0.4 is 0 Å². The first-order chi connectivity index (χ1) is 11.7. The number of nitrogens with zero attached hydrogens (tertiary/aromatic N) is 5. The van der Waals surface area contributed by atoms with Gasteiger partial charge in [0.1, 0.15) is 0 Å². The molecule has 124 valence electrons. The van der Waals surface area contributed by atoms with E-state index in [0.717, 1.165) is 18.5 Å². The number of fused-ring (bicyclic) bond motifs is 1. The molecule has 8 heteroatoms. The summed E-state index contributed by atoms with van der Waals surface area (Å²) in [5.74, 6) is 0.180. The number of hydrogen-bond donors (Lipinski definition) is 0. The zero-order chi connectivity index (χ0) is 16.5. The smallest absolute Gasteiger partial charge is 0.275 e. The topological polar surface area (TPSA) is 79.3 Å². The monoisotopic (exact) mass is 343 g/mol. The summed E-state index contributed by atoms with van der Waals surface area (Å²) >= 11 is 1.17. The first kappa shape index (κ1) is 15.2. The number of carbonyl (C=O) groups is 2. The summed E-state index contributed by atoms with van der Waals surface area (Å²) in [4.78, 5) is 32.9. The Bertz CT molecular complexity index is 736. The first-order valence-electron chi connectivity index (χ1n) is 7.96. The Morgan fingerprint density at radius 3 is 2.88 bits per heavy atom. The van der Waals surface area contributed by atoms with E-state index in [9.17, 15) is 9.59 Å². The summed E-state index contributed by atoms with van der Waals surface area (Å²) in [6.07, 6.45) is 4.41. The van der Waals surface area contributed by atoms with Gasteiger partial charge in [0, 0.05) is 44.0 Å². The molecule has 2 aliphatic heterocycles. The van der Waals surface area contributed by atoms with Crippen molar-refractivity contribution in [3.05, 3.63) is 41.2 Å². The van der Waals surface area contributed by atoms with Gasteiger partial charge in [-0.15, -0.1) is 5.10 Å². The van der Waals surface area contributed by atoms with Crippen LogP contribution in [-0.2, 0) is 11.3 Å². The third-order valence-electron chi connectivity index (χ3n) is 4.83. The summed E-state index contributed by atoms with van der Waals surface area (Å²) in [7, 11) is 0. The minimum absolute atomic E-state index is 0.101. The van der Waals surface area contributed by atoms with Crippen LogP contribution in [0, 0.1) is 11.8 Å². The Morgan fingerprint density at radius 2 is 2.12 bits per heavy atom. The molecule has 2 atom stereocenters. The lowest BCUT2D eigenvalue weighted by Crippen LogP contribution is -2.44. The van der Waals surface area contributed by atoms with E-state index in [2.05, 4.69) is 14.6 Å². The second kappa shape index (κ2) is 6.27. The maximum absolute atomic E-state index is 12.8. The van der Waals surface area contributed by atoms with Crippen molar-refractivity contribution in [1.29, 1.82) is 0 Å². The molecule has 2 aromatic rings. The van der Waals surface area contributed by atoms with Crippen molar-refractivity contribution in [2.24, 2.45) is 11.8 Å². The molecule has 0 N–H and O–H groups in total. The van der Waals surface area contributed by atoms with Crippen LogP contribution in [-0.4, -0.2) is 55.8 Å². The van der Waals surface area contributed by atoms with Crippen molar-refractivity contribution < 1.29 is 9.59 Å². The van der Waals surface area contributed by atoms with Crippen LogP contribution in [0.5, 0.6) is 0 Å². The zero-order valence-electron chi connectivity index (χ0n) is 13.0. The fourth-order valence-electron chi connectivity index (χ4n) is 3.56. The van der Waals surface area contributed by atoms with Crippen LogP contribution in [0.3, 0.4) is 0 Å². The van der Waals surface area contributed by atoms with Gasteiger partial charge >= 0.3 is 0 Å². The van der Waals surface area contributed by atoms with Gasteiger partial charge in [-0.2, -0.15) is 0 Å². The number of hydrogen-bond acceptors (Lipinski definition) is 6. The Labute approximate surface area is 143 Å². The highest BCUT2D eigenvalue weighted by atomic mass is 32.1. The van der Waals surface area contributed by atoms with Gasteiger partial charge in [-0.05, 0) is 41.6 Å². The summed E-state index contributed by atoms with van der Waals surface area (Å²) < 4.78 is 3.74. The molecular weight excluding hydrogens is 326 g/mol. The molecule has 2 aliphatic rings. The summed E-state index contributed by atoms with van der Waals surface area (Å²) in [5.41, 5.74) is 1.45. The van der Waals surface area contributed by atoms with Crippen LogP contribution in [0.2, 0.25) is 0 Å². The van der Waals surface area contributed by atoms with Crippen LogP contribution in [0.15, 0.2) is 29.9 Å². The third kappa shape index (κ3) is 2.77. The maximum Gasteiger partial charge on any atom is 0.275 e.